The number of hydrogen-bond acceptors (Lipinski definition) is 6. The van der Waals surface area contributed by atoms with Crippen molar-refractivity contribution in [1.29, 1.82) is 0 Å². The standard InChI is InChI=1S/C16H22N4O3.ClH/c1-11(22-4)14-18-13(23-19-14)10-20(3)15(21)16(2,17)12-8-6-5-7-9-12;/h5-9,11H,10,17H2,1-4H3;1H. The number of likely N-dealkylation sites (N-methyl/N-ethyl adjacent to an activating group) is 1. The lowest BCUT2D eigenvalue weighted by atomic mass is 9.92. The lowest BCUT2D eigenvalue weighted by molar-refractivity contribution is -0.136. The van der Waals surface area contributed by atoms with Gasteiger partial charge in [0.2, 0.25) is 11.8 Å². The molecule has 2 unspecified atom stereocenters. The van der Waals surface area contributed by atoms with E-state index >= 15 is 0 Å². The van der Waals surface area contributed by atoms with Crippen LogP contribution in [0.3, 0.4) is 0 Å². The zero-order valence-electron chi connectivity index (χ0n) is 14.2. The molecule has 1 amide bonds. The molecule has 8 heteroatoms. The van der Waals surface area contributed by atoms with Gasteiger partial charge in [0, 0.05) is 14.2 Å². The Bertz CT molecular complexity index is 660. The molecule has 0 spiro atoms. The van der Waals surface area contributed by atoms with Gasteiger partial charge in [-0.3, -0.25) is 4.79 Å². The summed E-state index contributed by atoms with van der Waals surface area (Å²) in [5.74, 6) is 0.550. The number of carbonyl (C=O) groups excluding carboxylic acids is 1. The SMILES string of the molecule is COC(C)c1noc(CN(C)C(=O)C(C)(N)c2ccccc2)n1.Cl. The van der Waals surface area contributed by atoms with Crippen molar-refractivity contribution in [2.24, 2.45) is 5.73 Å². The summed E-state index contributed by atoms with van der Waals surface area (Å²) in [5.41, 5.74) is 5.85. The van der Waals surface area contributed by atoms with Crippen LogP contribution in [0.1, 0.15) is 37.2 Å². The van der Waals surface area contributed by atoms with E-state index in [2.05, 4.69) is 10.1 Å². The summed E-state index contributed by atoms with van der Waals surface area (Å²) < 4.78 is 10.3. The molecule has 0 fully saturated rings. The number of benzene rings is 1. The molecule has 0 radical (unpaired) electrons. The van der Waals surface area contributed by atoms with Gasteiger partial charge in [-0.2, -0.15) is 4.98 Å². The Labute approximate surface area is 147 Å². The second-order valence-electron chi connectivity index (χ2n) is 5.65. The summed E-state index contributed by atoms with van der Waals surface area (Å²) in [6.45, 7) is 3.69. The monoisotopic (exact) mass is 354 g/mol. The Balaban J connectivity index is 0.00000288. The molecule has 0 saturated carbocycles. The molecule has 24 heavy (non-hydrogen) atoms. The number of ether oxygens (including phenoxy) is 1. The van der Waals surface area contributed by atoms with Crippen molar-refractivity contribution in [3.63, 3.8) is 0 Å². The molecule has 2 N–H and O–H groups in total. The van der Waals surface area contributed by atoms with Crippen LogP contribution in [0.25, 0.3) is 0 Å². The molecule has 0 aliphatic heterocycles. The van der Waals surface area contributed by atoms with E-state index in [4.69, 9.17) is 15.0 Å². The average Bonchev–Trinajstić information content (AvgIpc) is 3.02. The molecule has 0 saturated heterocycles. The largest absolute Gasteiger partial charge is 0.374 e. The molecule has 1 aromatic heterocycles. The summed E-state index contributed by atoms with van der Waals surface area (Å²) in [5, 5.41) is 3.84. The van der Waals surface area contributed by atoms with Gasteiger partial charge in [0.15, 0.2) is 5.82 Å². The second kappa shape index (κ2) is 8.23. The van der Waals surface area contributed by atoms with Gasteiger partial charge in [-0.15, -0.1) is 12.4 Å². The topological polar surface area (TPSA) is 94.5 Å². The van der Waals surface area contributed by atoms with Crippen LogP contribution in [0.2, 0.25) is 0 Å². The van der Waals surface area contributed by atoms with Crippen molar-refractivity contribution in [2.75, 3.05) is 14.2 Å². The van der Waals surface area contributed by atoms with Crippen LogP contribution < -0.4 is 5.73 Å². The first-order chi connectivity index (χ1) is 10.9. The lowest BCUT2D eigenvalue weighted by Crippen LogP contribution is -2.49. The third-order valence-corrected chi connectivity index (χ3v) is 3.74. The van der Waals surface area contributed by atoms with Crippen molar-refractivity contribution in [3.05, 3.63) is 47.6 Å². The Morgan fingerprint density at radius 2 is 2.04 bits per heavy atom. The highest BCUT2D eigenvalue weighted by Crippen LogP contribution is 2.21. The Hall–Kier alpha value is -1.96. The number of carbonyl (C=O) groups is 1. The number of amides is 1. The number of nitrogens with zero attached hydrogens (tertiary/aromatic N) is 3. The predicted molar refractivity (Wildman–Crippen MR) is 91.4 cm³/mol. The highest BCUT2D eigenvalue weighted by Gasteiger charge is 2.33. The second-order valence-corrected chi connectivity index (χ2v) is 5.65. The summed E-state index contributed by atoms with van der Waals surface area (Å²) in [6.07, 6.45) is -0.266. The fraction of sp³-hybridized carbons (Fsp3) is 0.438. The molecule has 0 aliphatic rings. The molecule has 7 nitrogen and oxygen atoms in total. The van der Waals surface area contributed by atoms with Gasteiger partial charge < -0.3 is 19.9 Å². The summed E-state index contributed by atoms with van der Waals surface area (Å²) >= 11 is 0. The van der Waals surface area contributed by atoms with Gasteiger partial charge in [0.25, 0.3) is 0 Å². The first kappa shape index (κ1) is 20.1. The molecule has 132 valence electrons. The number of nitrogens with two attached hydrogens (primary N) is 1. The number of rotatable bonds is 6. The van der Waals surface area contributed by atoms with E-state index in [0.717, 1.165) is 5.56 Å². The fourth-order valence-electron chi connectivity index (χ4n) is 2.18. The maximum atomic E-state index is 12.7. The van der Waals surface area contributed by atoms with Crippen LogP contribution >= 0.6 is 12.4 Å². The van der Waals surface area contributed by atoms with Gasteiger partial charge in [-0.1, -0.05) is 35.5 Å². The van der Waals surface area contributed by atoms with Crippen LogP contribution in [0.15, 0.2) is 34.9 Å². The molecule has 2 aromatic rings. The number of halogens is 1. The van der Waals surface area contributed by atoms with Gasteiger partial charge in [-0.05, 0) is 19.4 Å². The first-order valence-corrected chi connectivity index (χ1v) is 7.31. The fourth-order valence-corrected chi connectivity index (χ4v) is 2.18. The van der Waals surface area contributed by atoms with Crippen LogP contribution in [0, 0.1) is 0 Å². The molecule has 2 atom stereocenters. The van der Waals surface area contributed by atoms with Crippen LogP contribution in [0.4, 0.5) is 0 Å². The van der Waals surface area contributed by atoms with Crippen molar-refractivity contribution in [2.45, 2.75) is 32.0 Å². The molecule has 2 rings (SSSR count). The van der Waals surface area contributed by atoms with Gasteiger partial charge in [0.05, 0.1) is 6.54 Å². The minimum atomic E-state index is -1.13. The van der Waals surface area contributed by atoms with E-state index in [1.807, 2.05) is 37.3 Å². The molecule has 0 bridgehead atoms. The van der Waals surface area contributed by atoms with Gasteiger partial charge >= 0.3 is 0 Å². The summed E-state index contributed by atoms with van der Waals surface area (Å²) in [6, 6.07) is 9.24. The normalized spacial score (nSPS) is 14.4. The third kappa shape index (κ3) is 4.31. The Morgan fingerprint density at radius 1 is 1.42 bits per heavy atom. The van der Waals surface area contributed by atoms with Gasteiger partial charge in [0.1, 0.15) is 11.6 Å². The Morgan fingerprint density at radius 3 is 2.62 bits per heavy atom. The van der Waals surface area contributed by atoms with Crippen molar-refractivity contribution < 1.29 is 14.1 Å². The molecular weight excluding hydrogens is 332 g/mol. The molecule has 0 aliphatic carbocycles. The van der Waals surface area contributed by atoms with E-state index in [0.29, 0.717) is 11.7 Å². The Kier molecular flexibility index (Phi) is 6.89. The highest BCUT2D eigenvalue weighted by molar-refractivity contribution is 5.86. The number of aromatic nitrogens is 2. The quantitative estimate of drug-likeness (QED) is 0.852. The maximum absolute atomic E-state index is 12.7. The minimum Gasteiger partial charge on any atom is -0.374 e. The molecule has 1 aromatic carbocycles. The van der Waals surface area contributed by atoms with Crippen LogP contribution in [0.5, 0.6) is 0 Å². The maximum Gasteiger partial charge on any atom is 0.247 e. The predicted octanol–water partition coefficient (Wildman–Crippen LogP) is 2.03. The number of hydrogen-bond donors (Lipinski definition) is 1. The third-order valence-electron chi connectivity index (χ3n) is 3.74. The van der Waals surface area contributed by atoms with Crippen molar-refractivity contribution >= 4 is 18.3 Å². The van der Waals surface area contributed by atoms with Crippen molar-refractivity contribution in [3.8, 4) is 0 Å². The van der Waals surface area contributed by atoms with E-state index in [1.54, 1.807) is 21.1 Å². The van der Waals surface area contributed by atoms with E-state index < -0.39 is 5.54 Å². The summed E-state index contributed by atoms with van der Waals surface area (Å²) in [4.78, 5) is 18.3. The summed E-state index contributed by atoms with van der Waals surface area (Å²) in [7, 11) is 3.22. The molecular formula is C16H23ClN4O3. The van der Waals surface area contributed by atoms with Gasteiger partial charge in [-0.25, -0.2) is 0 Å². The van der Waals surface area contributed by atoms with Crippen molar-refractivity contribution in [1.82, 2.24) is 15.0 Å². The van der Waals surface area contributed by atoms with E-state index in [9.17, 15) is 4.79 Å². The zero-order valence-corrected chi connectivity index (χ0v) is 15.0. The van der Waals surface area contributed by atoms with Crippen LogP contribution in [-0.2, 0) is 21.6 Å². The first-order valence-electron chi connectivity index (χ1n) is 7.31. The minimum absolute atomic E-state index is 0. The smallest absolute Gasteiger partial charge is 0.247 e. The average molecular weight is 355 g/mol. The van der Waals surface area contributed by atoms with E-state index in [1.165, 1.54) is 4.90 Å². The lowest BCUT2D eigenvalue weighted by Gasteiger charge is -2.28. The molecule has 1 heterocycles. The zero-order chi connectivity index (χ0) is 17.0. The van der Waals surface area contributed by atoms with E-state index in [-0.39, 0.29) is 31.0 Å². The van der Waals surface area contributed by atoms with Crippen LogP contribution in [-0.4, -0.2) is 35.1 Å². The number of methoxy groups -OCH3 is 1. The highest BCUT2D eigenvalue weighted by atomic mass is 35.5.